The zero-order valence-corrected chi connectivity index (χ0v) is 10.0. The van der Waals surface area contributed by atoms with E-state index in [4.69, 9.17) is 0 Å². The highest BCUT2D eigenvalue weighted by Crippen LogP contribution is 2.29. The summed E-state index contributed by atoms with van der Waals surface area (Å²) >= 11 is 0. The lowest BCUT2D eigenvalue weighted by Gasteiger charge is -2.09. The molecule has 0 aliphatic carbocycles. The predicted octanol–water partition coefficient (Wildman–Crippen LogP) is 3.52. The summed E-state index contributed by atoms with van der Waals surface area (Å²) in [5.41, 5.74) is 0. The van der Waals surface area contributed by atoms with E-state index >= 15 is 0 Å². The first kappa shape index (κ1) is 15.4. The molecule has 0 heterocycles. The molecule has 106 valence electrons. The molecule has 1 aromatic rings. The van der Waals surface area contributed by atoms with Crippen LogP contribution >= 0.6 is 0 Å². The Morgan fingerprint density at radius 1 is 0.895 bits per heavy atom. The molecule has 0 saturated carbocycles. The van der Waals surface area contributed by atoms with Gasteiger partial charge >= 0.3 is 0 Å². The number of carbonyl (C=O) groups is 1. The van der Waals surface area contributed by atoms with Crippen LogP contribution in [-0.2, 0) is 4.79 Å². The second-order valence-corrected chi connectivity index (χ2v) is 3.91. The van der Waals surface area contributed by atoms with Gasteiger partial charge in [-0.05, 0) is 19.8 Å². The van der Waals surface area contributed by atoms with Crippen LogP contribution in [0.3, 0.4) is 0 Å². The number of halogens is 5. The molecule has 0 N–H and O–H groups in total. The molecule has 0 aliphatic rings. The highest BCUT2D eigenvalue weighted by molar-refractivity contribution is 5.75. The van der Waals surface area contributed by atoms with Gasteiger partial charge in [0.05, 0.1) is 6.61 Å². The first-order valence-electron chi connectivity index (χ1n) is 5.50. The summed E-state index contributed by atoms with van der Waals surface area (Å²) in [5, 5.41) is 0. The fourth-order valence-corrected chi connectivity index (χ4v) is 1.36. The molecule has 0 unspecified atom stereocenters. The third-order valence-electron chi connectivity index (χ3n) is 2.34. The average Bonchev–Trinajstić information content (AvgIpc) is 2.37. The maximum absolute atomic E-state index is 13.1. The van der Waals surface area contributed by atoms with Crippen molar-refractivity contribution in [3.63, 3.8) is 0 Å². The van der Waals surface area contributed by atoms with Crippen LogP contribution < -0.4 is 4.74 Å². The summed E-state index contributed by atoms with van der Waals surface area (Å²) in [4.78, 5) is 10.6. The van der Waals surface area contributed by atoms with Crippen molar-refractivity contribution in [1.82, 2.24) is 0 Å². The van der Waals surface area contributed by atoms with Crippen LogP contribution in [0, 0.1) is 29.1 Å². The van der Waals surface area contributed by atoms with Crippen LogP contribution in [0.5, 0.6) is 5.75 Å². The standard InChI is InChI=1S/C12H11F5O2/c1-6(18)4-2-3-5-19-12-10(16)8(14)7(13)9(15)11(12)17/h2-5H2,1H3. The number of ether oxygens (including phenoxy) is 1. The van der Waals surface area contributed by atoms with E-state index in [0.29, 0.717) is 6.42 Å². The van der Waals surface area contributed by atoms with Crippen LogP contribution in [0.25, 0.3) is 0 Å². The summed E-state index contributed by atoms with van der Waals surface area (Å²) in [6.45, 7) is 1.14. The molecule has 2 nitrogen and oxygen atoms in total. The van der Waals surface area contributed by atoms with Crippen molar-refractivity contribution in [2.24, 2.45) is 0 Å². The lowest BCUT2D eigenvalue weighted by molar-refractivity contribution is -0.117. The van der Waals surface area contributed by atoms with Gasteiger partial charge in [0.1, 0.15) is 5.78 Å². The number of hydrogen-bond acceptors (Lipinski definition) is 2. The lowest BCUT2D eigenvalue weighted by atomic mass is 10.2. The lowest BCUT2D eigenvalue weighted by Crippen LogP contribution is -2.08. The smallest absolute Gasteiger partial charge is 0.206 e. The van der Waals surface area contributed by atoms with Crippen molar-refractivity contribution >= 4 is 5.78 Å². The number of carbonyl (C=O) groups excluding carboxylic acids is 1. The topological polar surface area (TPSA) is 26.3 Å². The molecular weight excluding hydrogens is 271 g/mol. The molecule has 0 aromatic heterocycles. The molecule has 0 bridgehead atoms. The van der Waals surface area contributed by atoms with Crippen molar-refractivity contribution in [2.75, 3.05) is 6.61 Å². The largest absolute Gasteiger partial charge is 0.487 e. The predicted molar refractivity (Wildman–Crippen MR) is 56.3 cm³/mol. The maximum Gasteiger partial charge on any atom is 0.206 e. The van der Waals surface area contributed by atoms with Crippen molar-refractivity contribution in [3.05, 3.63) is 29.1 Å². The molecule has 0 amide bonds. The summed E-state index contributed by atoms with van der Waals surface area (Å²) in [6, 6.07) is 0. The Morgan fingerprint density at radius 3 is 1.84 bits per heavy atom. The summed E-state index contributed by atoms with van der Waals surface area (Å²) in [7, 11) is 0. The number of hydrogen-bond donors (Lipinski definition) is 0. The van der Waals surface area contributed by atoms with Gasteiger partial charge in [0, 0.05) is 6.42 Å². The van der Waals surface area contributed by atoms with Crippen LogP contribution in [0.2, 0.25) is 0 Å². The van der Waals surface area contributed by atoms with E-state index in [2.05, 4.69) is 4.74 Å². The van der Waals surface area contributed by atoms with Crippen molar-refractivity contribution < 1.29 is 31.5 Å². The summed E-state index contributed by atoms with van der Waals surface area (Å²) in [5.74, 6) is -11.7. The van der Waals surface area contributed by atoms with Crippen molar-refractivity contribution in [2.45, 2.75) is 26.2 Å². The van der Waals surface area contributed by atoms with E-state index in [1.807, 2.05) is 0 Å². The highest BCUT2D eigenvalue weighted by atomic mass is 19.2. The highest BCUT2D eigenvalue weighted by Gasteiger charge is 2.26. The Bertz CT molecular complexity index is 458. The van der Waals surface area contributed by atoms with Gasteiger partial charge in [-0.15, -0.1) is 0 Å². The number of ketones is 1. The maximum atomic E-state index is 13.1. The van der Waals surface area contributed by atoms with Crippen LogP contribution in [0.4, 0.5) is 22.0 Å². The summed E-state index contributed by atoms with van der Waals surface area (Å²) in [6.07, 6.45) is 0.935. The normalized spacial score (nSPS) is 10.6. The molecule has 19 heavy (non-hydrogen) atoms. The minimum absolute atomic E-state index is 0.0590. The molecule has 1 aromatic carbocycles. The zero-order valence-electron chi connectivity index (χ0n) is 10.0. The summed E-state index contributed by atoms with van der Waals surface area (Å²) < 4.78 is 69.1. The van der Waals surface area contributed by atoms with Gasteiger partial charge in [-0.25, -0.2) is 13.2 Å². The second-order valence-electron chi connectivity index (χ2n) is 3.91. The Labute approximate surface area is 106 Å². The molecule has 0 atom stereocenters. The van der Waals surface area contributed by atoms with E-state index in [0.717, 1.165) is 0 Å². The first-order valence-corrected chi connectivity index (χ1v) is 5.50. The van der Waals surface area contributed by atoms with Gasteiger partial charge in [0.25, 0.3) is 0 Å². The van der Waals surface area contributed by atoms with E-state index in [1.165, 1.54) is 6.92 Å². The van der Waals surface area contributed by atoms with E-state index in [-0.39, 0.29) is 25.2 Å². The molecule has 0 aliphatic heterocycles. The Kier molecular flexibility index (Phi) is 5.26. The van der Waals surface area contributed by atoms with Crippen molar-refractivity contribution in [3.8, 4) is 5.75 Å². The van der Waals surface area contributed by atoms with Crippen LogP contribution in [-0.4, -0.2) is 12.4 Å². The fraction of sp³-hybridized carbons (Fsp3) is 0.417. The Hall–Kier alpha value is -1.66. The second kappa shape index (κ2) is 6.49. The third-order valence-corrected chi connectivity index (χ3v) is 2.34. The number of benzene rings is 1. The zero-order chi connectivity index (χ0) is 14.6. The molecule has 0 saturated heterocycles. The number of Topliss-reactive ketones (excluding diaryl/α,β-unsaturated/α-hetero) is 1. The van der Waals surface area contributed by atoms with Crippen LogP contribution in [0.1, 0.15) is 26.2 Å². The van der Waals surface area contributed by atoms with Gasteiger partial charge in [-0.3, -0.25) is 0 Å². The Morgan fingerprint density at radius 2 is 1.37 bits per heavy atom. The third kappa shape index (κ3) is 3.65. The molecular formula is C12H11F5O2. The number of rotatable bonds is 6. The van der Waals surface area contributed by atoms with E-state index in [1.54, 1.807) is 0 Å². The van der Waals surface area contributed by atoms with E-state index in [9.17, 15) is 26.7 Å². The van der Waals surface area contributed by atoms with Crippen molar-refractivity contribution in [1.29, 1.82) is 0 Å². The van der Waals surface area contributed by atoms with Gasteiger partial charge in [-0.1, -0.05) is 0 Å². The number of unbranched alkanes of at least 4 members (excludes halogenated alkanes) is 1. The van der Waals surface area contributed by atoms with Gasteiger partial charge < -0.3 is 9.53 Å². The Balaban J connectivity index is 2.71. The molecule has 0 fully saturated rings. The van der Waals surface area contributed by atoms with Crippen LogP contribution in [0.15, 0.2) is 0 Å². The molecule has 0 spiro atoms. The fourth-order valence-electron chi connectivity index (χ4n) is 1.36. The monoisotopic (exact) mass is 282 g/mol. The molecule has 1 rings (SSSR count). The quantitative estimate of drug-likeness (QED) is 0.345. The van der Waals surface area contributed by atoms with Gasteiger partial charge in [0.15, 0.2) is 5.75 Å². The molecule has 0 radical (unpaired) electrons. The molecule has 7 heteroatoms. The van der Waals surface area contributed by atoms with Gasteiger partial charge in [-0.2, -0.15) is 8.78 Å². The average molecular weight is 282 g/mol. The minimum atomic E-state index is -2.22. The minimum Gasteiger partial charge on any atom is -0.487 e. The van der Waals surface area contributed by atoms with Gasteiger partial charge in [0.2, 0.25) is 29.1 Å². The SMILES string of the molecule is CC(=O)CCCCOc1c(F)c(F)c(F)c(F)c1F. The van der Waals surface area contributed by atoms with E-state index < -0.39 is 34.8 Å². The first-order chi connectivity index (χ1) is 8.86.